The minimum absolute atomic E-state index is 0.296. The Morgan fingerprint density at radius 3 is 0.542 bits per heavy atom. The molecule has 0 aromatic carbocycles. The third-order valence-corrected chi connectivity index (χ3v) is 8.54. The van der Waals surface area contributed by atoms with E-state index in [0.29, 0.717) is 12.8 Å². The predicted octanol–water partition coefficient (Wildman–Crippen LogP) is 12.6. The van der Waals surface area contributed by atoms with Gasteiger partial charge in [-0.3, -0.25) is 19.2 Å². The quantitative estimate of drug-likeness (QED) is 0.0481. The summed E-state index contributed by atoms with van der Waals surface area (Å²) in [7, 11) is 0. The van der Waals surface area contributed by atoms with Crippen LogP contribution in [0.25, 0.3) is 0 Å². The largest absolute Gasteiger partial charge is 0.481 e. The zero-order valence-electron chi connectivity index (χ0n) is 31.5. The molecule has 0 aliphatic rings. The molecule has 0 fully saturated rings. The highest BCUT2D eigenvalue weighted by molar-refractivity contribution is 5.75. The minimum Gasteiger partial charge on any atom is -0.481 e. The Labute approximate surface area is 295 Å². The molecule has 0 unspecified atom stereocenters. The topological polar surface area (TPSA) is 149 Å². The van der Waals surface area contributed by atoms with E-state index in [9.17, 15) is 19.2 Å². The van der Waals surface area contributed by atoms with E-state index in [1.165, 1.54) is 167 Å². The molecular formula is C40H78O8. The Hall–Kier alpha value is -2.12. The zero-order valence-corrected chi connectivity index (χ0v) is 31.5. The lowest BCUT2D eigenvalue weighted by Crippen LogP contribution is -2.00. The average molecular weight is 687 g/mol. The molecule has 0 aromatic heterocycles. The fourth-order valence-electron chi connectivity index (χ4n) is 5.51. The Morgan fingerprint density at radius 2 is 0.396 bits per heavy atom. The van der Waals surface area contributed by atoms with E-state index < -0.39 is 23.9 Å². The van der Waals surface area contributed by atoms with Crippen LogP contribution in [0.15, 0.2) is 0 Å². The molecule has 8 heteroatoms. The van der Waals surface area contributed by atoms with Crippen LogP contribution < -0.4 is 0 Å². The number of hydrogen-bond donors (Lipinski definition) is 4. The molecular weight excluding hydrogens is 608 g/mol. The van der Waals surface area contributed by atoms with Crippen LogP contribution in [0.1, 0.15) is 232 Å². The van der Waals surface area contributed by atoms with Crippen LogP contribution in [-0.2, 0) is 19.2 Å². The molecule has 0 bridgehead atoms. The SMILES string of the molecule is CCCCCCCCCCCCCCCCCC(=O)O.CCCCCCCCCCCCCCCCCC(=O)O.O=C(O)CCC(=O)O. The Morgan fingerprint density at radius 1 is 0.250 bits per heavy atom. The van der Waals surface area contributed by atoms with Crippen LogP contribution in [-0.4, -0.2) is 44.3 Å². The number of unbranched alkanes of at least 4 members (excludes halogenated alkanes) is 28. The number of carbonyl (C=O) groups is 4. The van der Waals surface area contributed by atoms with Crippen LogP contribution in [0.3, 0.4) is 0 Å². The summed E-state index contributed by atoms with van der Waals surface area (Å²) < 4.78 is 0. The van der Waals surface area contributed by atoms with Gasteiger partial charge in [0.2, 0.25) is 0 Å². The first kappa shape index (κ1) is 50.3. The van der Waals surface area contributed by atoms with Crippen LogP contribution in [0.4, 0.5) is 0 Å². The lowest BCUT2D eigenvalue weighted by molar-refractivity contribution is -0.143. The number of aliphatic carboxylic acids is 4. The van der Waals surface area contributed by atoms with E-state index in [2.05, 4.69) is 13.8 Å². The van der Waals surface area contributed by atoms with E-state index in [-0.39, 0.29) is 12.8 Å². The molecule has 286 valence electrons. The maximum Gasteiger partial charge on any atom is 0.303 e. The van der Waals surface area contributed by atoms with Gasteiger partial charge in [-0.15, -0.1) is 0 Å². The van der Waals surface area contributed by atoms with Crippen molar-refractivity contribution in [1.82, 2.24) is 0 Å². The van der Waals surface area contributed by atoms with Gasteiger partial charge in [-0.05, 0) is 12.8 Å². The summed E-state index contributed by atoms with van der Waals surface area (Å²) in [6, 6.07) is 0. The number of hydrogen-bond acceptors (Lipinski definition) is 4. The van der Waals surface area contributed by atoms with Crippen molar-refractivity contribution < 1.29 is 39.6 Å². The lowest BCUT2D eigenvalue weighted by Gasteiger charge is -2.03. The molecule has 0 aliphatic heterocycles. The van der Waals surface area contributed by atoms with Crippen molar-refractivity contribution in [3.63, 3.8) is 0 Å². The third kappa shape index (κ3) is 59.3. The molecule has 8 nitrogen and oxygen atoms in total. The molecule has 0 aromatic rings. The number of rotatable bonds is 35. The zero-order chi connectivity index (χ0) is 36.4. The minimum atomic E-state index is -1.08. The second-order valence-electron chi connectivity index (χ2n) is 13.5. The van der Waals surface area contributed by atoms with Gasteiger partial charge < -0.3 is 20.4 Å². The summed E-state index contributed by atoms with van der Waals surface area (Å²) in [5.74, 6) is -3.46. The number of carboxylic acids is 4. The van der Waals surface area contributed by atoms with Crippen molar-refractivity contribution in [2.24, 2.45) is 0 Å². The molecule has 0 atom stereocenters. The molecule has 0 saturated carbocycles. The van der Waals surface area contributed by atoms with Crippen molar-refractivity contribution in [3.8, 4) is 0 Å². The summed E-state index contributed by atoms with van der Waals surface area (Å²) in [6.45, 7) is 4.54. The highest BCUT2D eigenvalue weighted by Gasteiger charge is 2.01. The van der Waals surface area contributed by atoms with Gasteiger partial charge in [0, 0.05) is 12.8 Å². The molecule has 4 N–H and O–H groups in total. The van der Waals surface area contributed by atoms with Gasteiger partial charge in [0.1, 0.15) is 0 Å². The highest BCUT2D eigenvalue weighted by atomic mass is 16.4. The number of carboxylic acid groups (broad SMARTS) is 4. The standard InChI is InChI=1S/2C18H36O2.C4H6O4/c2*1-2-3-4-5-6-7-8-9-10-11-12-13-14-15-16-17-18(19)20;5-3(6)1-2-4(7)8/h2*2-17H2,1H3,(H,19,20);1-2H2,(H,5,6)(H,7,8). The Bertz CT molecular complexity index is 637. The summed E-state index contributed by atoms with van der Waals surface area (Å²) >= 11 is 0. The second kappa shape index (κ2) is 44.9. The van der Waals surface area contributed by atoms with Gasteiger partial charge >= 0.3 is 23.9 Å². The average Bonchev–Trinajstić information content (AvgIpc) is 3.04. The molecule has 0 heterocycles. The van der Waals surface area contributed by atoms with Gasteiger partial charge in [0.05, 0.1) is 12.8 Å². The second-order valence-corrected chi connectivity index (χ2v) is 13.5. The van der Waals surface area contributed by atoms with Gasteiger partial charge in [0.25, 0.3) is 0 Å². The predicted molar refractivity (Wildman–Crippen MR) is 199 cm³/mol. The van der Waals surface area contributed by atoms with E-state index >= 15 is 0 Å². The van der Waals surface area contributed by atoms with Gasteiger partial charge in [0.15, 0.2) is 0 Å². The van der Waals surface area contributed by atoms with Crippen LogP contribution in [0.5, 0.6) is 0 Å². The van der Waals surface area contributed by atoms with E-state index in [4.69, 9.17) is 20.4 Å². The van der Waals surface area contributed by atoms with Crippen LogP contribution >= 0.6 is 0 Å². The van der Waals surface area contributed by atoms with Crippen molar-refractivity contribution >= 4 is 23.9 Å². The van der Waals surface area contributed by atoms with Crippen molar-refractivity contribution in [2.75, 3.05) is 0 Å². The molecule has 0 aliphatic carbocycles. The third-order valence-electron chi connectivity index (χ3n) is 8.54. The summed E-state index contributed by atoms with van der Waals surface area (Å²) in [6.07, 6.45) is 39.8. The van der Waals surface area contributed by atoms with Gasteiger partial charge in [-0.25, -0.2) is 0 Å². The first-order valence-electron chi connectivity index (χ1n) is 20.0. The summed E-state index contributed by atoms with van der Waals surface area (Å²) in [5.41, 5.74) is 0. The van der Waals surface area contributed by atoms with Gasteiger partial charge in [-0.2, -0.15) is 0 Å². The van der Waals surface area contributed by atoms with Crippen LogP contribution in [0, 0.1) is 0 Å². The lowest BCUT2D eigenvalue weighted by atomic mass is 10.0. The van der Waals surface area contributed by atoms with E-state index in [0.717, 1.165) is 25.7 Å². The van der Waals surface area contributed by atoms with Crippen molar-refractivity contribution in [2.45, 2.75) is 232 Å². The molecule has 48 heavy (non-hydrogen) atoms. The fourth-order valence-corrected chi connectivity index (χ4v) is 5.51. The Kier molecular flexibility index (Phi) is 47.0. The maximum atomic E-state index is 10.3. The molecule has 0 spiro atoms. The van der Waals surface area contributed by atoms with Crippen LogP contribution in [0.2, 0.25) is 0 Å². The monoisotopic (exact) mass is 687 g/mol. The van der Waals surface area contributed by atoms with Crippen molar-refractivity contribution in [1.29, 1.82) is 0 Å². The Balaban J connectivity index is -0.000000689. The summed E-state index contributed by atoms with van der Waals surface area (Å²) in [4.78, 5) is 39.9. The molecule has 0 rings (SSSR count). The first-order chi connectivity index (χ1) is 23.2. The molecule has 0 radical (unpaired) electrons. The normalized spacial score (nSPS) is 10.5. The fraction of sp³-hybridized carbons (Fsp3) is 0.900. The molecule has 0 amide bonds. The van der Waals surface area contributed by atoms with E-state index in [1.54, 1.807) is 0 Å². The first-order valence-corrected chi connectivity index (χ1v) is 20.0. The molecule has 0 saturated heterocycles. The smallest absolute Gasteiger partial charge is 0.303 e. The van der Waals surface area contributed by atoms with Crippen molar-refractivity contribution in [3.05, 3.63) is 0 Å². The maximum absolute atomic E-state index is 10.3. The highest BCUT2D eigenvalue weighted by Crippen LogP contribution is 2.15. The van der Waals surface area contributed by atoms with Gasteiger partial charge in [-0.1, -0.05) is 194 Å². The summed E-state index contributed by atoms with van der Waals surface area (Å²) in [5, 5.41) is 32.8. The van der Waals surface area contributed by atoms with E-state index in [1.807, 2.05) is 0 Å².